The van der Waals surface area contributed by atoms with Crippen molar-refractivity contribution in [2.24, 2.45) is 0 Å². The van der Waals surface area contributed by atoms with Crippen LogP contribution in [0.5, 0.6) is 0 Å². The van der Waals surface area contributed by atoms with Gasteiger partial charge >= 0.3 is 6.03 Å². The Hall–Kier alpha value is -3.61. The van der Waals surface area contributed by atoms with E-state index in [0.717, 1.165) is 23.2 Å². The number of pyridine rings is 1. The molecule has 2 aromatic heterocycles. The van der Waals surface area contributed by atoms with Gasteiger partial charge in [0, 0.05) is 41.2 Å². The van der Waals surface area contributed by atoms with E-state index in [1.807, 2.05) is 23.1 Å². The van der Waals surface area contributed by atoms with Crippen molar-refractivity contribution in [3.8, 4) is 0 Å². The van der Waals surface area contributed by atoms with Gasteiger partial charge in [0.25, 0.3) is 5.91 Å². The van der Waals surface area contributed by atoms with Gasteiger partial charge in [-0.2, -0.15) is 0 Å². The van der Waals surface area contributed by atoms with Gasteiger partial charge in [-0.25, -0.2) is 4.79 Å². The predicted molar refractivity (Wildman–Crippen MR) is 109 cm³/mol. The van der Waals surface area contributed by atoms with Crippen LogP contribution in [0.4, 0.5) is 4.79 Å². The Morgan fingerprint density at radius 3 is 2.90 bits per heavy atom. The molecular formula is C22H21N5O2. The van der Waals surface area contributed by atoms with Crippen LogP contribution in [-0.4, -0.2) is 33.4 Å². The second-order valence-corrected chi connectivity index (χ2v) is 7.46. The lowest BCUT2D eigenvalue weighted by Crippen LogP contribution is -2.48. The maximum Gasteiger partial charge on any atom is 0.319 e. The SMILES string of the molecule is CC1=C(C(=O)N2CCc3c([nH]c4ccccc34)C2)[C@H](c2cccnc2)NC(=O)N1. The van der Waals surface area contributed by atoms with Gasteiger partial charge in [0.1, 0.15) is 0 Å². The van der Waals surface area contributed by atoms with Crippen LogP contribution in [0.3, 0.4) is 0 Å². The van der Waals surface area contributed by atoms with Crippen LogP contribution >= 0.6 is 0 Å². The first-order chi connectivity index (χ1) is 14.1. The first kappa shape index (κ1) is 17.5. The van der Waals surface area contributed by atoms with E-state index in [1.165, 1.54) is 10.9 Å². The molecule has 3 aromatic rings. The van der Waals surface area contributed by atoms with E-state index in [4.69, 9.17) is 0 Å². The minimum Gasteiger partial charge on any atom is -0.357 e. The van der Waals surface area contributed by atoms with E-state index in [-0.39, 0.29) is 11.9 Å². The molecule has 0 saturated carbocycles. The molecule has 0 radical (unpaired) electrons. The van der Waals surface area contributed by atoms with Crippen molar-refractivity contribution in [3.05, 3.63) is 76.9 Å². The van der Waals surface area contributed by atoms with Crippen LogP contribution in [0.2, 0.25) is 0 Å². The molecule has 2 aliphatic rings. The molecule has 0 saturated heterocycles. The number of nitrogens with zero attached hydrogens (tertiary/aromatic N) is 2. The van der Waals surface area contributed by atoms with Gasteiger partial charge in [-0.3, -0.25) is 9.78 Å². The zero-order valence-corrected chi connectivity index (χ0v) is 16.0. The lowest BCUT2D eigenvalue weighted by Gasteiger charge is -2.33. The molecule has 1 atom stereocenters. The molecule has 2 aliphatic heterocycles. The lowest BCUT2D eigenvalue weighted by molar-refractivity contribution is -0.128. The van der Waals surface area contributed by atoms with Gasteiger partial charge in [-0.05, 0) is 36.6 Å². The van der Waals surface area contributed by atoms with Gasteiger partial charge in [0.05, 0.1) is 18.2 Å². The van der Waals surface area contributed by atoms with Crippen molar-refractivity contribution in [3.63, 3.8) is 0 Å². The third kappa shape index (κ3) is 2.95. The third-order valence-corrected chi connectivity index (χ3v) is 5.69. The topological polar surface area (TPSA) is 90.1 Å². The number of rotatable bonds is 2. The zero-order valence-electron chi connectivity index (χ0n) is 16.0. The number of allylic oxidation sites excluding steroid dienone is 1. The molecule has 7 nitrogen and oxygen atoms in total. The Balaban J connectivity index is 1.48. The van der Waals surface area contributed by atoms with Gasteiger partial charge in [-0.1, -0.05) is 24.3 Å². The number of carbonyl (C=O) groups is 2. The number of aromatic amines is 1. The summed E-state index contributed by atoms with van der Waals surface area (Å²) >= 11 is 0. The summed E-state index contributed by atoms with van der Waals surface area (Å²) in [4.78, 5) is 35.0. The van der Waals surface area contributed by atoms with Crippen LogP contribution in [0.25, 0.3) is 10.9 Å². The standard InChI is InChI=1S/C22H21N5O2/c1-13-19(20(26-22(29)24-13)14-5-4-9-23-11-14)21(28)27-10-8-16-15-6-2-3-7-17(15)25-18(16)12-27/h2-7,9,11,20,25H,8,10,12H2,1H3,(H2,24,26,29)/t20-/m0/s1. The zero-order chi connectivity index (χ0) is 20.0. The number of urea groups is 1. The summed E-state index contributed by atoms with van der Waals surface area (Å²) < 4.78 is 0. The van der Waals surface area contributed by atoms with Crippen molar-refractivity contribution >= 4 is 22.8 Å². The van der Waals surface area contributed by atoms with Gasteiger partial charge in [-0.15, -0.1) is 0 Å². The van der Waals surface area contributed by atoms with E-state index >= 15 is 0 Å². The number of para-hydroxylation sites is 1. The summed E-state index contributed by atoms with van der Waals surface area (Å²) in [5.74, 6) is -0.0758. The fourth-order valence-electron chi connectivity index (χ4n) is 4.31. The van der Waals surface area contributed by atoms with Crippen LogP contribution in [-0.2, 0) is 17.8 Å². The second kappa shape index (κ2) is 6.77. The summed E-state index contributed by atoms with van der Waals surface area (Å²) in [6.07, 6.45) is 4.16. The first-order valence-corrected chi connectivity index (χ1v) is 9.68. The van der Waals surface area contributed by atoms with E-state index in [9.17, 15) is 9.59 Å². The van der Waals surface area contributed by atoms with Crippen molar-refractivity contribution in [1.82, 2.24) is 25.5 Å². The predicted octanol–water partition coefficient (Wildman–Crippen LogP) is 2.78. The van der Waals surface area contributed by atoms with Crippen molar-refractivity contribution < 1.29 is 9.59 Å². The largest absolute Gasteiger partial charge is 0.357 e. The second-order valence-electron chi connectivity index (χ2n) is 7.46. The molecular weight excluding hydrogens is 366 g/mol. The Labute approximate surface area is 167 Å². The van der Waals surface area contributed by atoms with Crippen LogP contribution in [0.1, 0.15) is 29.8 Å². The Morgan fingerprint density at radius 1 is 1.21 bits per heavy atom. The average molecular weight is 387 g/mol. The molecule has 3 amide bonds. The smallest absolute Gasteiger partial charge is 0.319 e. The number of hydrogen-bond donors (Lipinski definition) is 3. The molecule has 0 fully saturated rings. The molecule has 146 valence electrons. The molecule has 4 heterocycles. The van der Waals surface area contributed by atoms with Crippen LogP contribution in [0.15, 0.2) is 60.1 Å². The number of carbonyl (C=O) groups excluding carboxylic acids is 2. The summed E-state index contributed by atoms with van der Waals surface area (Å²) in [6.45, 7) is 2.93. The van der Waals surface area contributed by atoms with Crippen LogP contribution in [0, 0.1) is 0 Å². The van der Waals surface area contributed by atoms with Gasteiger partial charge in [0.15, 0.2) is 0 Å². The normalized spacial score (nSPS) is 19.0. The average Bonchev–Trinajstić information content (AvgIpc) is 3.11. The minimum absolute atomic E-state index is 0.0758. The lowest BCUT2D eigenvalue weighted by atomic mass is 9.94. The maximum atomic E-state index is 13.5. The molecule has 3 N–H and O–H groups in total. The van der Waals surface area contributed by atoms with Crippen molar-refractivity contribution in [2.75, 3.05) is 6.54 Å². The Kier molecular flexibility index (Phi) is 4.08. The number of H-pyrrole nitrogens is 1. The monoisotopic (exact) mass is 387 g/mol. The van der Waals surface area contributed by atoms with E-state index in [0.29, 0.717) is 24.4 Å². The van der Waals surface area contributed by atoms with E-state index < -0.39 is 6.04 Å². The molecule has 1 aromatic carbocycles. The van der Waals surface area contributed by atoms with Gasteiger partial charge in [0.2, 0.25) is 0 Å². The van der Waals surface area contributed by atoms with Gasteiger partial charge < -0.3 is 20.5 Å². The fourth-order valence-corrected chi connectivity index (χ4v) is 4.31. The molecule has 0 bridgehead atoms. The molecule has 0 aliphatic carbocycles. The third-order valence-electron chi connectivity index (χ3n) is 5.69. The highest BCUT2D eigenvalue weighted by atomic mass is 16.2. The molecule has 0 unspecified atom stereocenters. The van der Waals surface area contributed by atoms with E-state index in [2.05, 4.69) is 32.7 Å². The molecule has 7 heteroatoms. The minimum atomic E-state index is -0.519. The first-order valence-electron chi connectivity index (χ1n) is 9.68. The number of hydrogen-bond acceptors (Lipinski definition) is 3. The Bertz CT molecular complexity index is 1150. The Morgan fingerprint density at radius 2 is 2.07 bits per heavy atom. The summed E-state index contributed by atoms with van der Waals surface area (Å²) in [5.41, 5.74) is 5.38. The number of benzene rings is 1. The fraction of sp³-hybridized carbons (Fsp3) is 0.227. The van der Waals surface area contributed by atoms with E-state index in [1.54, 1.807) is 25.4 Å². The van der Waals surface area contributed by atoms with Crippen molar-refractivity contribution in [1.29, 1.82) is 0 Å². The highest BCUT2D eigenvalue weighted by Crippen LogP contribution is 2.31. The number of nitrogens with one attached hydrogen (secondary N) is 3. The number of fused-ring (bicyclic) bond motifs is 3. The summed E-state index contributed by atoms with van der Waals surface area (Å²) in [5, 5.41) is 6.84. The highest BCUT2D eigenvalue weighted by Gasteiger charge is 2.35. The summed E-state index contributed by atoms with van der Waals surface area (Å²) in [6, 6.07) is 11.1. The molecule has 29 heavy (non-hydrogen) atoms. The summed E-state index contributed by atoms with van der Waals surface area (Å²) in [7, 11) is 0. The maximum absolute atomic E-state index is 13.5. The molecule has 5 rings (SSSR count). The van der Waals surface area contributed by atoms with Crippen LogP contribution < -0.4 is 10.6 Å². The number of aromatic nitrogens is 2. The van der Waals surface area contributed by atoms with Crippen molar-refractivity contribution in [2.45, 2.75) is 25.9 Å². The number of amides is 3. The quantitative estimate of drug-likeness (QED) is 0.632. The highest BCUT2D eigenvalue weighted by molar-refractivity contribution is 5.99. The molecule has 0 spiro atoms.